The molecule has 1 saturated heterocycles. The van der Waals surface area contributed by atoms with Crippen molar-refractivity contribution in [2.24, 2.45) is 0 Å². The van der Waals surface area contributed by atoms with Crippen LogP contribution < -0.4 is 15.0 Å². The van der Waals surface area contributed by atoms with Crippen LogP contribution in [0, 0.1) is 20.8 Å². The van der Waals surface area contributed by atoms with Gasteiger partial charge in [0.05, 0.1) is 6.61 Å². The number of hydrogen-bond acceptors (Lipinski definition) is 5. The van der Waals surface area contributed by atoms with Crippen molar-refractivity contribution in [3.05, 3.63) is 76.7 Å². The first-order chi connectivity index (χ1) is 16.4. The highest BCUT2D eigenvalue weighted by molar-refractivity contribution is 5.89. The topological polar surface area (TPSA) is 70.6 Å². The zero-order valence-corrected chi connectivity index (χ0v) is 20.5. The molecule has 7 nitrogen and oxygen atoms in total. The van der Waals surface area contributed by atoms with E-state index in [1.165, 1.54) is 11.1 Å². The molecular formula is C27H33N5O2. The zero-order chi connectivity index (χ0) is 24.1. The number of benzene rings is 2. The molecule has 0 spiro atoms. The van der Waals surface area contributed by atoms with Gasteiger partial charge in [0, 0.05) is 49.5 Å². The second-order valence-electron chi connectivity index (χ2n) is 8.69. The molecule has 34 heavy (non-hydrogen) atoms. The van der Waals surface area contributed by atoms with Gasteiger partial charge in [-0.1, -0.05) is 29.8 Å². The van der Waals surface area contributed by atoms with Gasteiger partial charge in [-0.05, 0) is 57.5 Å². The van der Waals surface area contributed by atoms with Gasteiger partial charge < -0.3 is 19.9 Å². The highest BCUT2D eigenvalue weighted by atomic mass is 16.5. The second-order valence-corrected chi connectivity index (χ2v) is 8.69. The summed E-state index contributed by atoms with van der Waals surface area (Å²) in [7, 11) is 0. The Morgan fingerprint density at radius 3 is 2.41 bits per heavy atom. The molecule has 1 aliphatic heterocycles. The van der Waals surface area contributed by atoms with E-state index in [2.05, 4.69) is 53.3 Å². The van der Waals surface area contributed by atoms with Gasteiger partial charge in [-0.2, -0.15) is 0 Å². The number of carbonyl (C=O) groups excluding carboxylic acids is 1. The van der Waals surface area contributed by atoms with Crippen LogP contribution in [0.2, 0.25) is 0 Å². The summed E-state index contributed by atoms with van der Waals surface area (Å²) < 4.78 is 5.47. The zero-order valence-electron chi connectivity index (χ0n) is 20.5. The van der Waals surface area contributed by atoms with Crippen molar-refractivity contribution < 1.29 is 9.53 Å². The lowest BCUT2D eigenvalue weighted by atomic mass is 10.0. The number of aromatic nitrogens is 2. The number of carbonyl (C=O) groups is 1. The molecule has 2 amide bonds. The number of urea groups is 1. The van der Waals surface area contributed by atoms with Crippen LogP contribution in [0.3, 0.4) is 0 Å². The van der Waals surface area contributed by atoms with Gasteiger partial charge in [-0.15, -0.1) is 0 Å². The van der Waals surface area contributed by atoms with Crippen molar-refractivity contribution in [3.8, 4) is 5.75 Å². The Hall–Kier alpha value is -3.61. The maximum Gasteiger partial charge on any atom is 0.321 e. The Morgan fingerprint density at radius 2 is 1.74 bits per heavy atom. The molecule has 2 aromatic carbocycles. The molecule has 0 aliphatic carbocycles. The number of nitrogens with zero attached hydrogens (tertiary/aromatic N) is 4. The summed E-state index contributed by atoms with van der Waals surface area (Å²) in [6.07, 6.45) is 0.793. The van der Waals surface area contributed by atoms with E-state index in [0.29, 0.717) is 19.7 Å². The number of anilines is 2. The fraction of sp³-hybridized carbons (Fsp3) is 0.370. The van der Waals surface area contributed by atoms with Gasteiger partial charge >= 0.3 is 6.03 Å². The first-order valence-electron chi connectivity index (χ1n) is 11.9. The summed E-state index contributed by atoms with van der Waals surface area (Å²) in [4.78, 5) is 26.4. The molecule has 1 N–H and O–H groups in total. The lowest BCUT2D eigenvalue weighted by Crippen LogP contribution is -2.50. The summed E-state index contributed by atoms with van der Waals surface area (Å²) >= 11 is 0. The van der Waals surface area contributed by atoms with Gasteiger partial charge in [0.2, 0.25) is 0 Å². The summed E-state index contributed by atoms with van der Waals surface area (Å²) in [5.74, 6) is 2.56. The minimum absolute atomic E-state index is 0.0844. The molecule has 0 atom stereocenters. The van der Waals surface area contributed by atoms with E-state index >= 15 is 0 Å². The summed E-state index contributed by atoms with van der Waals surface area (Å²) in [6, 6.07) is 16.0. The van der Waals surface area contributed by atoms with Crippen LogP contribution in [0.15, 0.2) is 48.5 Å². The van der Waals surface area contributed by atoms with Crippen LogP contribution in [-0.2, 0) is 6.42 Å². The van der Waals surface area contributed by atoms with Gasteiger partial charge in [0.15, 0.2) is 0 Å². The summed E-state index contributed by atoms with van der Waals surface area (Å²) in [5, 5.41) is 2.99. The van der Waals surface area contributed by atoms with E-state index in [9.17, 15) is 4.79 Å². The monoisotopic (exact) mass is 459 g/mol. The predicted octanol–water partition coefficient (Wildman–Crippen LogP) is 4.75. The maximum absolute atomic E-state index is 12.8. The quantitative estimate of drug-likeness (QED) is 0.576. The predicted molar refractivity (Wildman–Crippen MR) is 136 cm³/mol. The standard InChI is InChI=1S/C27H33N5O2/c1-5-34-24-11-9-23(10-12-24)30-27(33)32-15-13-31(14-16-32)26-25(20(3)28-21(4)29-26)18-22-8-6-7-19(2)17-22/h6-12,17H,5,13-16,18H2,1-4H3,(H,30,33). The Balaban J connectivity index is 1.43. The van der Waals surface area contributed by atoms with E-state index in [-0.39, 0.29) is 6.03 Å². The summed E-state index contributed by atoms with van der Waals surface area (Å²) in [6.45, 7) is 11.4. The number of ether oxygens (including phenoxy) is 1. The minimum atomic E-state index is -0.0844. The van der Waals surface area contributed by atoms with Crippen LogP contribution in [0.25, 0.3) is 0 Å². The number of piperazine rings is 1. The molecule has 178 valence electrons. The minimum Gasteiger partial charge on any atom is -0.494 e. The van der Waals surface area contributed by atoms with Gasteiger partial charge in [-0.3, -0.25) is 0 Å². The SMILES string of the molecule is CCOc1ccc(NC(=O)N2CCN(c3nc(C)nc(C)c3Cc3cccc(C)c3)CC2)cc1. The highest BCUT2D eigenvalue weighted by Gasteiger charge is 2.25. The van der Waals surface area contributed by atoms with Crippen LogP contribution in [0.1, 0.15) is 35.1 Å². The number of rotatable bonds is 6. The van der Waals surface area contributed by atoms with Gasteiger partial charge in [0.1, 0.15) is 17.4 Å². The van der Waals surface area contributed by atoms with Crippen LogP contribution >= 0.6 is 0 Å². The Kier molecular flexibility index (Phi) is 7.30. The lowest BCUT2D eigenvalue weighted by molar-refractivity contribution is 0.208. The molecule has 3 aromatic rings. The van der Waals surface area contributed by atoms with Crippen LogP contribution in [-0.4, -0.2) is 53.7 Å². The highest BCUT2D eigenvalue weighted by Crippen LogP contribution is 2.26. The normalized spacial score (nSPS) is 13.6. The third kappa shape index (κ3) is 5.65. The number of amides is 2. The van der Waals surface area contributed by atoms with Crippen molar-refractivity contribution in [2.75, 3.05) is 43.0 Å². The molecule has 1 aromatic heterocycles. The third-order valence-electron chi connectivity index (χ3n) is 6.05. The first kappa shape index (κ1) is 23.5. The van der Waals surface area contributed by atoms with E-state index in [1.54, 1.807) is 0 Å². The molecule has 2 heterocycles. The fourth-order valence-electron chi connectivity index (χ4n) is 4.34. The smallest absolute Gasteiger partial charge is 0.321 e. The number of hydrogen-bond donors (Lipinski definition) is 1. The van der Waals surface area contributed by atoms with E-state index in [0.717, 1.165) is 53.8 Å². The lowest BCUT2D eigenvalue weighted by Gasteiger charge is -2.36. The molecule has 0 unspecified atom stereocenters. The molecule has 4 rings (SSSR count). The van der Waals surface area contributed by atoms with E-state index in [1.807, 2.05) is 43.0 Å². The van der Waals surface area contributed by atoms with E-state index < -0.39 is 0 Å². The maximum atomic E-state index is 12.8. The van der Waals surface area contributed by atoms with Crippen molar-refractivity contribution in [2.45, 2.75) is 34.1 Å². The van der Waals surface area contributed by atoms with Crippen molar-refractivity contribution in [3.63, 3.8) is 0 Å². The Bertz CT molecular complexity index is 1140. The average molecular weight is 460 g/mol. The molecule has 1 fully saturated rings. The average Bonchev–Trinajstić information content (AvgIpc) is 2.82. The van der Waals surface area contributed by atoms with Gasteiger partial charge in [-0.25, -0.2) is 14.8 Å². The van der Waals surface area contributed by atoms with Crippen LogP contribution in [0.4, 0.5) is 16.3 Å². The largest absolute Gasteiger partial charge is 0.494 e. The molecule has 0 saturated carbocycles. The van der Waals surface area contributed by atoms with Crippen molar-refractivity contribution in [1.29, 1.82) is 0 Å². The van der Waals surface area contributed by atoms with Gasteiger partial charge in [0.25, 0.3) is 0 Å². The number of aryl methyl sites for hydroxylation is 3. The van der Waals surface area contributed by atoms with E-state index in [4.69, 9.17) is 9.72 Å². The number of nitrogens with one attached hydrogen (secondary N) is 1. The fourth-order valence-corrected chi connectivity index (χ4v) is 4.34. The Labute approximate surface area is 201 Å². The second kappa shape index (κ2) is 10.5. The van der Waals surface area contributed by atoms with Crippen molar-refractivity contribution in [1.82, 2.24) is 14.9 Å². The van der Waals surface area contributed by atoms with Crippen molar-refractivity contribution >= 4 is 17.5 Å². The molecule has 1 aliphatic rings. The van der Waals surface area contributed by atoms with Crippen LogP contribution in [0.5, 0.6) is 5.75 Å². The molecular weight excluding hydrogens is 426 g/mol. The first-order valence-corrected chi connectivity index (χ1v) is 11.9. The molecule has 0 bridgehead atoms. The summed E-state index contributed by atoms with van der Waals surface area (Å²) in [5.41, 5.74) is 5.43. The Morgan fingerprint density at radius 1 is 1.00 bits per heavy atom. The molecule has 7 heteroatoms. The third-order valence-corrected chi connectivity index (χ3v) is 6.05. The molecule has 0 radical (unpaired) electrons.